The second-order valence-electron chi connectivity index (χ2n) is 6.42. The van der Waals surface area contributed by atoms with E-state index < -0.39 is 5.72 Å². The Morgan fingerprint density at radius 1 is 1.09 bits per heavy atom. The van der Waals surface area contributed by atoms with Gasteiger partial charge in [-0.1, -0.05) is 61.5 Å². The van der Waals surface area contributed by atoms with Crippen LogP contribution in [-0.2, 0) is 22.4 Å². The van der Waals surface area contributed by atoms with Crippen LogP contribution in [0.1, 0.15) is 36.1 Å². The second-order valence-corrected chi connectivity index (χ2v) is 6.42. The number of rotatable bonds is 2. The molecule has 2 heterocycles. The van der Waals surface area contributed by atoms with Crippen LogP contribution in [0.3, 0.4) is 0 Å². The van der Waals surface area contributed by atoms with E-state index in [9.17, 15) is 4.79 Å². The van der Waals surface area contributed by atoms with Gasteiger partial charge >= 0.3 is 0 Å². The van der Waals surface area contributed by atoms with Gasteiger partial charge in [-0.15, -0.1) is 0 Å². The molecule has 0 radical (unpaired) electrons. The van der Waals surface area contributed by atoms with Crippen LogP contribution in [0, 0.1) is 0 Å². The Hall–Kier alpha value is -2.13. The first-order chi connectivity index (χ1) is 11.2. The van der Waals surface area contributed by atoms with Crippen molar-refractivity contribution >= 4 is 5.91 Å². The first-order valence-corrected chi connectivity index (χ1v) is 8.31. The molecule has 0 bridgehead atoms. The molecule has 3 heteroatoms. The van der Waals surface area contributed by atoms with Crippen molar-refractivity contribution in [2.75, 3.05) is 6.61 Å². The Balaban J connectivity index is 1.79. The number of amides is 1. The number of carbonyl (C=O) groups is 1. The Labute approximate surface area is 136 Å². The fourth-order valence-electron chi connectivity index (χ4n) is 3.97. The molecule has 0 spiro atoms. The highest BCUT2D eigenvalue weighted by atomic mass is 16.5. The number of carbonyl (C=O) groups excluding carboxylic acids is 1. The fourth-order valence-corrected chi connectivity index (χ4v) is 3.97. The van der Waals surface area contributed by atoms with Crippen molar-refractivity contribution in [1.29, 1.82) is 0 Å². The highest BCUT2D eigenvalue weighted by molar-refractivity contribution is 5.81. The zero-order valence-corrected chi connectivity index (χ0v) is 13.4. The third kappa shape index (κ3) is 2.27. The molecular weight excluding hydrogens is 286 g/mol. The molecule has 1 amide bonds. The van der Waals surface area contributed by atoms with Gasteiger partial charge in [0.15, 0.2) is 0 Å². The maximum atomic E-state index is 13.1. The average molecular weight is 307 g/mol. The van der Waals surface area contributed by atoms with Crippen LogP contribution < -0.4 is 0 Å². The number of fused-ring (bicyclic) bond motifs is 2. The Kier molecular flexibility index (Phi) is 3.46. The number of hydrogen-bond acceptors (Lipinski definition) is 2. The first kappa shape index (κ1) is 14.5. The molecule has 2 atom stereocenters. The lowest BCUT2D eigenvalue weighted by molar-refractivity contribution is -0.150. The molecule has 4 rings (SSSR count). The minimum absolute atomic E-state index is 0.0120. The third-order valence-electron chi connectivity index (χ3n) is 5.19. The van der Waals surface area contributed by atoms with Crippen LogP contribution in [0.4, 0.5) is 0 Å². The van der Waals surface area contributed by atoms with Crippen molar-refractivity contribution in [3.8, 4) is 0 Å². The van der Waals surface area contributed by atoms with E-state index >= 15 is 0 Å². The minimum atomic E-state index is -0.510. The monoisotopic (exact) mass is 307 g/mol. The van der Waals surface area contributed by atoms with E-state index in [1.54, 1.807) is 0 Å². The van der Waals surface area contributed by atoms with Crippen molar-refractivity contribution in [2.24, 2.45) is 0 Å². The molecule has 2 aliphatic rings. The zero-order chi connectivity index (χ0) is 15.9. The van der Waals surface area contributed by atoms with Gasteiger partial charge in [0.2, 0.25) is 5.91 Å². The molecule has 118 valence electrons. The van der Waals surface area contributed by atoms with Crippen LogP contribution in [0.15, 0.2) is 54.6 Å². The maximum absolute atomic E-state index is 13.1. The van der Waals surface area contributed by atoms with Crippen molar-refractivity contribution in [1.82, 2.24) is 4.90 Å². The molecule has 2 aliphatic heterocycles. The lowest BCUT2D eigenvalue weighted by atomic mass is 9.96. The smallest absolute Gasteiger partial charge is 0.229 e. The molecule has 1 fully saturated rings. The highest BCUT2D eigenvalue weighted by Crippen LogP contribution is 2.43. The third-order valence-corrected chi connectivity index (χ3v) is 5.19. The van der Waals surface area contributed by atoms with Crippen molar-refractivity contribution in [3.63, 3.8) is 0 Å². The average Bonchev–Trinajstić information content (AvgIpc) is 2.91. The van der Waals surface area contributed by atoms with E-state index in [2.05, 4.69) is 31.2 Å². The molecule has 23 heavy (non-hydrogen) atoms. The van der Waals surface area contributed by atoms with E-state index in [1.165, 1.54) is 5.56 Å². The summed E-state index contributed by atoms with van der Waals surface area (Å²) in [5, 5.41) is 0. The van der Waals surface area contributed by atoms with Gasteiger partial charge in [-0.25, -0.2) is 0 Å². The molecule has 0 unspecified atom stereocenters. The first-order valence-electron chi connectivity index (χ1n) is 8.31. The van der Waals surface area contributed by atoms with Gasteiger partial charge in [0.25, 0.3) is 0 Å². The van der Waals surface area contributed by atoms with Gasteiger partial charge in [-0.2, -0.15) is 0 Å². The van der Waals surface area contributed by atoms with E-state index in [-0.39, 0.29) is 11.9 Å². The Bertz CT molecular complexity index is 727. The predicted molar refractivity (Wildman–Crippen MR) is 88.9 cm³/mol. The van der Waals surface area contributed by atoms with Crippen LogP contribution >= 0.6 is 0 Å². The van der Waals surface area contributed by atoms with Crippen LogP contribution in [-0.4, -0.2) is 23.1 Å². The molecule has 0 N–H and O–H groups in total. The van der Waals surface area contributed by atoms with Gasteiger partial charge < -0.3 is 9.64 Å². The van der Waals surface area contributed by atoms with E-state index in [4.69, 9.17) is 4.74 Å². The lowest BCUT2D eigenvalue weighted by Crippen LogP contribution is -2.49. The van der Waals surface area contributed by atoms with Gasteiger partial charge in [0.05, 0.1) is 19.1 Å². The summed E-state index contributed by atoms with van der Waals surface area (Å²) in [6.07, 6.45) is 2.04. The van der Waals surface area contributed by atoms with Gasteiger partial charge in [-0.3, -0.25) is 4.79 Å². The summed E-state index contributed by atoms with van der Waals surface area (Å²) < 4.78 is 6.27. The second kappa shape index (κ2) is 5.50. The SMILES string of the molecule is CC[C@]12Cc3ccccc3CC(=O)N1[C@H](c1ccccc1)CO2. The molecule has 2 aromatic rings. The van der Waals surface area contributed by atoms with Crippen molar-refractivity contribution in [3.05, 3.63) is 71.3 Å². The summed E-state index contributed by atoms with van der Waals surface area (Å²) >= 11 is 0. The molecular formula is C20H21NO2. The summed E-state index contributed by atoms with van der Waals surface area (Å²) in [6, 6.07) is 18.5. The molecule has 1 saturated heterocycles. The lowest BCUT2D eigenvalue weighted by Gasteiger charge is -2.37. The zero-order valence-electron chi connectivity index (χ0n) is 13.4. The van der Waals surface area contributed by atoms with Gasteiger partial charge in [0, 0.05) is 6.42 Å². The molecule has 3 nitrogen and oxygen atoms in total. The summed E-state index contributed by atoms with van der Waals surface area (Å²) in [7, 11) is 0. The molecule has 0 aromatic heterocycles. The number of benzene rings is 2. The largest absolute Gasteiger partial charge is 0.353 e. The fraction of sp³-hybridized carbons (Fsp3) is 0.350. The number of ether oxygens (including phenoxy) is 1. The standard InChI is InChI=1S/C20H21NO2/c1-2-20-13-17-11-7-6-10-16(17)12-19(22)21(20)18(14-23-20)15-8-4-3-5-9-15/h3-11,18H,2,12-14H2,1H3/t18-,20-/m0/s1. The summed E-state index contributed by atoms with van der Waals surface area (Å²) in [4.78, 5) is 15.1. The van der Waals surface area contributed by atoms with Gasteiger partial charge in [-0.05, 0) is 23.1 Å². The van der Waals surface area contributed by atoms with E-state index in [0.29, 0.717) is 13.0 Å². The van der Waals surface area contributed by atoms with Crippen LogP contribution in [0.25, 0.3) is 0 Å². The van der Waals surface area contributed by atoms with E-state index in [0.717, 1.165) is 24.0 Å². The minimum Gasteiger partial charge on any atom is -0.353 e. The molecule has 0 aliphatic carbocycles. The van der Waals surface area contributed by atoms with Crippen LogP contribution in [0.2, 0.25) is 0 Å². The Morgan fingerprint density at radius 3 is 2.52 bits per heavy atom. The highest BCUT2D eigenvalue weighted by Gasteiger charge is 2.50. The predicted octanol–water partition coefficient (Wildman–Crippen LogP) is 3.49. The Morgan fingerprint density at radius 2 is 1.78 bits per heavy atom. The quantitative estimate of drug-likeness (QED) is 0.850. The molecule has 2 aromatic carbocycles. The number of nitrogens with zero attached hydrogens (tertiary/aromatic N) is 1. The molecule has 0 saturated carbocycles. The summed E-state index contributed by atoms with van der Waals surface area (Å²) in [5.74, 6) is 0.170. The van der Waals surface area contributed by atoms with Gasteiger partial charge in [0.1, 0.15) is 5.72 Å². The van der Waals surface area contributed by atoms with Crippen molar-refractivity contribution < 1.29 is 9.53 Å². The summed E-state index contributed by atoms with van der Waals surface area (Å²) in [6.45, 7) is 2.69. The van der Waals surface area contributed by atoms with Crippen molar-refractivity contribution in [2.45, 2.75) is 38.0 Å². The number of hydrogen-bond donors (Lipinski definition) is 0. The van der Waals surface area contributed by atoms with E-state index in [1.807, 2.05) is 35.2 Å². The topological polar surface area (TPSA) is 29.5 Å². The maximum Gasteiger partial charge on any atom is 0.229 e. The summed E-state index contributed by atoms with van der Waals surface area (Å²) in [5.41, 5.74) is 3.01. The normalized spacial score (nSPS) is 26.6. The van der Waals surface area contributed by atoms with Crippen LogP contribution in [0.5, 0.6) is 0 Å².